The molecular weight excluding hydrogens is 278 g/mol. The van der Waals surface area contributed by atoms with Crippen LogP contribution in [0, 0.1) is 0 Å². The van der Waals surface area contributed by atoms with E-state index < -0.39 is 0 Å². The Kier molecular flexibility index (Phi) is 3.72. The maximum absolute atomic E-state index is 6.42. The molecule has 0 fully saturated rings. The van der Waals surface area contributed by atoms with Crippen LogP contribution in [0.3, 0.4) is 0 Å². The Morgan fingerprint density at radius 3 is 2.43 bits per heavy atom. The van der Waals surface area contributed by atoms with Gasteiger partial charge in [0.25, 0.3) is 0 Å². The fraction of sp³-hybridized carbons (Fsp3) is 0.333. The van der Waals surface area contributed by atoms with Gasteiger partial charge in [0.05, 0.1) is 6.04 Å². The summed E-state index contributed by atoms with van der Waals surface area (Å²) in [6.07, 6.45) is 3.02. The van der Waals surface area contributed by atoms with Crippen molar-refractivity contribution in [2.24, 2.45) is 5.73 Å². The monoisotopic (exact) mass is 299 g/mol. The highest BCUT2D eigenvalue weighted by Gasteiger charge is 2.30. The van der Waals surface area contributed by atoms with Crippen molar-refractivity contribution >= 4 is 11.8 Å². The summed E-state index contributed by atoms with van der Waals surface area (Å²) in [7, 11) is 0. The molecule has 0 saturated heterocycles. The third-order valence-electron chi connectivity index (χ3n) is 3.92. The molecule has 0 spiro atoms. The molecule has 2 aromatic rings. The van der Waals surface area contributed by atoms with Gasteiger partial charge in [0.2, 0.25) is 0 Å². The first kappa shape index (κ1) is 14.5. The van der Waals surface area contributed by atoms with E-state index in [1.165, 1.54) is 10.5 Å². The van der Waals surface area contributed by atoms with E-state index in [0.29, 0.717) is 0 Å². The van der Waals surface area contributed by atoms with Crippen LogP contribution in [-0.4, -0.2) is 11.9 Å². The van der Waals surface area contributed by atoms with Gasteiger partial charge in [-0.1, -0.05) is 24.3 Å². The van der Waals surface area contributed by atoms with Gasteiger partial charge in [0.1, 0.15) is 11.4 Å². The van der Waals surface area contributed by atoms with Gasteiger partial charge in [-0.2, -0.15) is 0 Å². The van der Waals surface area contributed by atoms with E-state index >= 15 is 0 Å². The molecule has 1 aliphatic heterocycles. The molecule has 0 saturated carbocycles. The lowest BCUT2D eigenvalue weighted by atomic mass is 9.95. The standard InChI is InChI=1S/C18H21NOS/c1-18(2)11-14-10-13(6-9-16(14)20-18)17(19)12-4-7-15(21-3)8-5-12/h4-10,17H,11,19H2,1-3H3. The topological polar surface area (TPSA) is 35.2 Å². The van der Waals surface area contributed by atoms with E-state index in [1.54, 1.807) is 11.8 Å². The van der Waals surface area contributed by atoms with Crippen molar-refractivity contribution in [2.75, 3.05) is 6.26 Å². The maximum Gasteiger partial charge on any atom is 0.123 e. The van der Waals surface area contributed by atoms with Gasteiger partial charge in [-0.05, 0) is 55.0 Å². The van der Waals surface area contributed by atoms with E-state index in [-0.39, 0.29) is 11.6 Å². The van der Waals surface area contributed by atoms with Crippen LogP contribution >= 0.6 is 11.8 Å². The number of hydrogen-bond acceptors (Lipinski definition) is 3. The highest BCUT2D eigenvalue weighted by atomic mass is 32.2. The molecule has 0 aromatic heterocycles. The minimum absolute atomic E-state index is 0.0880. The van der Waals surface area contributed by atoms with Crippen molar-refractivity contribution < 1.29 is 4.74 Å². The maximum atomic E-state index is 6.42. The Labute approximate surface area is 130 Å². The summed E-state index contributed by atoms with van der Waals surface area (Å²) >= 11 is 1.74. The molecule has 0 aliphatic carbocycles. The van der Waals surface area contributed by atoms with Gasteiger partial charge >= 0.3 is 0 Å². The van der Waals surface area contributed by atoms with Crippen molar-refractivity contribution in [3.8, 4) is 5.75 Å². The first-order chi connectivity index (χ1) is 9.98. The summed E-state index contributed by atoms with van der Waals surface area (Å²) < 4.78 is 5.92. The minimum Gasteiger partial charge on any atom is -0.487 e. The fourth-order valence-corrected chi connectivity index (χ4v) is 3.23. The Balaban J connectivity index is 1.87. The SMILES string of the molecule is CSc1ccc(C(N)c2ccc3c(c2)CC(C)(C)O3)cc1. The molecule has 2 nitrogen and oxygen atoms in total. The zero-order valence-corrected chi connectivity index (χ0v) is 13.5. The molecule has 0 radical (unpaired) electrons. The Morgan fingerprint density at radius 1 is 1.10 bits per heavy atom. The molecule has 1 unspecified atom stereocenters. The van der Waals surface area contributed by atoms with Crippen molar-refractivity contribution in [3.05, 3.63) is 59.2 Å². The first-order valence-electron chi connectivity index (χ1n) is 7.20. The predicted octanol–water partition coefficient (Wildman–Crippen LogP) is 4.17. The van der Waals surface area contributed by atoms with E-state index in [2.05, 4.69) is 62.6 Å². The van der Waals surface area contributed by atoms with Crippen molar-refractivity contribution in [3.63, 3.8) is 0 Å². The van der Waals surface area contributed by atoms with Crippen molar-refractivity contribution in [1.29, 1.82) is 0 Å². The van der Waals surface area contributed by atoms with Crippen LogP contribution in [0.25, 0.3) is 0 Å². The number of hydrogen-bond donors (Lipinski definition) is 1. The smallest absolute Gasteiger partial charge is 0.123 e. The summed E-state index contributed by atoms with van der Waals surface area (Å²) in [5, 5.41) is 0. The molecule has 1 heterocycles. The van der Waals surface area contributed by atoms with Gasteiger partial charge in [-0.15, -0.1) is 11.8 Å². The largest absolute Gasteiger partial charge is 0.487 e. The van der Waals surface area contributed by atoms with Gasteiger partial charge in [0.15, 0.2) is 0 Å². The number of nitrogens with two attached hydrogens (primary N) is 1. The molecule has 3 rings (SSSR count). The number of thioether (sulfide) groups is 1. The van der Waals surface area contributed by atoms with Crippen LogP contribution in [0.15, 0.2) is 47.4 Å². The van der Waals surface area contributed by atoms with Gasteiger partial charge in [0, 0.05) is 11.3 Å². The summed E-state index contributed by atoms with van der Waals surface area (Å²) in [6.45, 7) is 4.24. The quantitative estimate of drug-likeness (QED) is 0.864. The van der Waals surface area contributed by atoms with Crippen LogP contribution in [-0.2, 0) is 6.42 Å². The lowest BCUT2D eigenvalue weighted by Crippen LogP contribution is -2.24. The molecule has 0 amide bonds. The summed E-state index contributed by atoms with van der Waals surface area (Å²) in [6, 6.07) is 14.7. The normalized spacial score (nSPS) is 17.1. The summed E-state index contributed by atoms with van der Waals surface area (Å²) in [5.74, 6) is 0.994. The fourth-order valence-electron chi connectivity index (χ4n) is 2.83. The number of ether oxygens (including phenoxy) is 1. The minimum atomic E-state index is -0.106. The molecule has 1 aliphatic rings. The predicted molar refractivity (Wildman–Crippen MR) is 89.1 cm³/mol. The Hall–Kier alpha value is -1.45. The van der Waals surface area contributed by atoms with Crippen LogP contribution in [0.5, 0.6) is 5.75 Å². The lowest BCUT2D eigenvalue weighted by molar-refractivity contribution is 0.138. The average Bonchev–Trinajstić information content (AvgIpc) is 2.79. The second-order valence-electron chi connectivity index (χ2n) is 6.16. The van der Waals surface area contributed by atoms with Gasteiger partial charge in [-0.25, -0.2) is 0 Å². The molecule has 3 heteroatoms. The third-order valence-corrected chi connectivity index (χ3v) is 4.66. The molecule has 2 N–H and O–H groups in total. The molecule has 2 aromatic carbocycles. The Bertz CT molecular complexity index is 649. The van der Waals surface area contributed by atoms with Crippen LogP contribution < -0.4 is 10.5 Å². The highest BCUT2D eigenvalue weighted by molar-refractivity contribution is 7.98. The van der Waals surface area contributed by atoms with E-state index in [1.807, 2.05) is 0 Å². The molecule has 21 heavy (non-hydrogen) atoms. The third kappa shape index (κ3) is 2.94. The summed E-state index contributed by atoms with van der Waals surface area (Å²) in [5.41, 5.74) is 9.86. The van der Waals surface area contributed by atoms with Crippen LogP contribution in [0.1, 0.15) is 36.6 Å². The molecule has 1 atom stereocenters. The number of benzene rings is 2. The van der Waals surface area contributed by atoms with Crippen molar-refractivity contribution in [1.82, 2.24) is 0 Å². The Morgan fingerprint density at radius 2 is 1.76 bits per heavy atom. The van der Waals surface area contributed by atoms with Gasteiger partial charge in [-0.3, -0.25) is 0 Å². The number of fused-ring (bicyclic) bond motifs is 1. The second kappa shape index (κ2) is 5.39. The van der Waals surface area contributed by atoms with E-state index in [4.69, 9.17) is 10.5 Å². The average molecular weight is 299 g/mol. The molecular formula is C18H21NOS. The van der Waals surface area contributed by atoms with Crippen LogP contribution in [0.4, 0.5) is 0 Å². The van der Waals surface area contributed by atoms with E-state index in [9.17, 15) is 0 Å². The van der Waals surface area contributed by atoms with Crippen LogP contribution in [0.2, 0.25) is 0 Å². The summed E-state index contributed by atoms with van der Waals surface area (Å²) in [4.78, 5) is 1.26. The van der Waals surface area contributed by atoms with Crippen molar-refractivity contribution in [2.45, 2.75) is 36.8 Å². The van der Waals surface area contributed by atoms with Gasteiger partial charge < -0.3 is 10.5 Å². The first-order valence-corrected chi connectivity index (χ1v) is 8.42. The number of rotatable bonds is 3. The van der Waals surface area contributed by atoms with E-state index in [0.717, 1.165) is 23.3 Å². The molecule has 110 valence electrons. The highest BCUT2D eigenvalue weighted by Crippen LogP contribution is 2.36. The molecule has 0 bridgehead atoms. The zero-order chi connectivity index (χ0) is 15.0. The lowest BCUT2D eigenvalue weighted by Gasteiger charge is -2.16. The second-order valence-corrected chi connectivity index (χ2v) is 7.04. The zero-order valence-electron chi connectivity index (χ0n) is 12.7.